The van der Waals surface area contributed by atoms with Gasteiger partial charge in [-0.25, -0.2) is 0 Å². The summed E-state index contributed by atoms with van der Waals surface area (Å²) in [6.45, 7) is 0. The Morgan fingerprint density at radius 1 is 1.14 bits per heavy atom. The summed E-state index contributed by atoms with van der Waals surface area (Å²) in [6, 6.07) is 12.1. The quantitative estimate of drug-likeness (QED) is 0.503. The van der Waals surface area contributed by atoms with Gasteiger partial charge in [-0.05, 0) is 18.2 Å². The molecule has 1 N–H and O–H groups in total. The van der Waals surface area contributed by atoms with Crippen molar-refractivity contribution in [1.82, 2.24) is 0 Å². The zero-order valence-corrected chi connectivity index (χ0v) is 12.1. The molecule has 0 saturated carbocycles. The van der Waals surface area contributed by atoms with Crippen LogP contribution in [0.3, 0.4) is 0 Å². The number of benzene rings is 2. The van der Waals surface area contributed by atoms with Gasteiger partial charge in [-0.2, -0.15) is 5.10 Å². The standard InChI is InChI=1S/C15H15N3O4/c1-21-14-8-11(13(18(19)20)9-15(14)22-2)10-16-17-12-6-4-3-5-7-12/h3-10,17H,1-2H3/b16-10+. The van der Waals surface area contributed by atoms with Crippen molar-refractivity contribution < 1.29 is 14.4 Å². The molecular weight excluding hydrogens is 286 g/mol. The van der Waals surface area contributed by atoms with Crippen molar-refractivity contribution in [2.45, 2.75) is 0 Å². The molecule has 0 aliphatic rings. The molecule has 0 saturated heterocycles. The smallest absolute Gasteiger partial charge is 0.282 e. The van der Waals surface area contributed by atoms with E-state index >= 15 is 0 Å². The maximum absolute atomic E-state index is 11.1. The lowest BCUT2D eigenvalue weighted by atomic mass is 10.1. The van der Waals surface area contributed by atoms with Crippen LogP contribution in [0.4, 0.5) is 11.4 Å². The number of ether oxygens (including phenoxy) is 2. The Morgan fingerprint density at radius 3 is 2.36 bits per heavy atom. The highest BCUT2D eigenvalue weighted by atomic mass is 16.6. The number of nitrogens with zero attached hydrogens (tertiary/aromatic N) is 2. The van der Waals surface area contributed by atoms with Gasteiger partial charge in [0.25, 0.3) is 5.69 Å². The Bertz CT molecular complexity index is 687. The lowest BCUT2D eigenvalue weighted by Gasteiger charge is -2.08. The highest BCUT2D eigenvalue weighted by molar-refractivity contribution is 5.87. The molecule has 0 spiro atoms. The second kappa shape index (κ2) is 7.07. The Hall–Kier alpha value is -3.09. The Balaban J connectivity index is 2.30. The lowest BCUT2D eigenvalue weighted by molar-refractivity contribution is -0.385. The number of nitro groups is 1. The molecule has 22 heavy (non-hydrogen) atoms. The number of nitrogens with one attached hydrogen (secondary N) is 1. The van der Waals surface area contributed by atoms with Crippen LogP contribution in [0, 0.1) is 10.1 Å². The fraction of sp³-hybridized carbons (Fsp3) is 0.133. The summed E-state index contributed by atoms with van der Waals surface area (Å²) in [6.07, 6.45) is 1.37. The van der Waals surface area contributed by atoms with Gasteiger partial charge in [-0.3, -0.25) is 15.5 Å². The minimum absolute atomic E-state index is 0.115. The maximum atomic E-state index is 11.1. The molecule has 7 heteroatoms. The molecular formula is C15H15N3O4. The summed E-state index contributed by atoms with van der Waals surface area (Å²) < 4.78 is 10.2. The number of rotatable bonds is 6. The summed E-state index contributed by atoms with van der Waals surface area (Å²) in [4.78, 5) is 10.7. The molecule has 0 amide bonds. The van der Waals surface area contributed by atoms with Crippen molar-refractivity contribution in [3.63, 3.8) is 0 Å². The van der Waals surface area contributed by atoms with Crippen molar-refractivity contribution in [2.75, 3.05) is 19.6 Å². The number of nitro benzene ring substituents is 1. The zero-order chi connectivity index (χ0) is 15.9. The van der Waals surface area contributed by atoms with Crippen molar-refractivity contribution in [3.8, 4) is 11.5 Å². The molecule has 114 valence electrons. The van der Waals surface area contributed by atoms with Gasteiger partial charge in [0.2, 0.25) is 0 Å². The molecule has 7 nitrogen and oxygen atoms in total. The van der Waals surface area contributed by atoms with Crippen LogP contribution in [0.1, 0.15) is 5.56 Å². The molecule has 0 aliphatic carbocycles. The molecule has 0 unspecified atom stereocenters. The molecule has 2 aromatic rings. The maximum Gasteiger partial charge on any atom is 0.282 e. The molecule has 0 aliphatic heterocycles. The minimum Gasteiger partial charge on any atom is -0.493 e. The number of methoxy groups -OCH3 is 2. The van der Waals surface area contributed by atoms with E-state index in [1.807, 2.05) is 30.3 Å². The summed E-state index contributed by atoms with van der Waals surface area (Å²) in [5.41, 5.74) is 3.78. The van der Waals surface area contributed by atoms with Gasteiger partial charge < -0.3 is 9.47 Å². The van der Waals surface area contributed by atoms with Gasteiger partial charge >= 0.3 is 0 Å². The van der Waals surface area contributed by atoms with Crippen LogP contribution in [0.15, 0.2) is 47.6 Å². The van der Waals surface area contributed by atoms with Crippen LogP contribution in [0.25, 0.3) is 0 Å². The van der Waals surface area contributed by atoms with Gasteiger partial charge in [-0.1, -0.05) is 18.2 Å². The van der Waals surface area contributed by atoms with Crippen LogP contribution in [-0.2, 0) is 0 Å². The summed E-state index contributed by atoms with van der Waals surface area (Å²) >= 11 is 0. The Labute approximate surface area is 127 Å². The average molecular weight is 301 g/mol. The van der Waals surface area contributed by atoms with Crippen LogP contribution in [0.5, 0.6) is 11.5 Å². The van der Waals surface area contributed by atoms with Gasteiger partial charge in [0.05, 0.1) is 42.7 Å². The highest BCUT2D eigenvalue weighted by Crippen LogP contribution is 2.33. The van der Waals surface area contributed by atoms with Crippen LogP contribution < -0.4 is 14.9 Å². The first-order valence-corrected chi connectivity index (χ1v) is 6.40. The van der Waals surface area contributed by atoms with E-state index < -0.39 is 4.92 Å². The van der Waals surface area contributed by atoms with E-state index in [9.17, 15) is 10.1 Å². The minimum atomic E-state index is -0.494. The molecule has 0 atom stereocenters. The average Bonchev–Trinajstić information content (AvgIpc) is 2.55. The topological polar surface area (TPSA) is 86.0 Å². The second-order valence-electron chi connectivity index (χ2n) is 4.26. The molecule has 0 aromatic heterocycles. The van der Waals surface area contributed by atoms with Gasteiger partial charge in [0.15, 0.2) is 11.5 Å². The van der Waals surface area contributed by atoms with E-state index in [1.54, 1.807) is 0 Å². The third-order valence-corrected chi connectivity index (χ3v) is 2.90. The van der Waals surface area contributed by atoms with E-state index in [0.717, 1.165) is 5.69 Å². The summed E-state index contributed by atoms with van der Waals surface area (Å²) in [7, 11) is 2.89. The van der Waals surface area contributed by atoms with E-state index in [2.05, 4.69) is 10.5 Å². The van der Waals surface area contributed by atoms with Crippen LogP contribution in [0.2, 0.25) is 0 Å². The van der Waals surface area contributed by atoms with Crippen molar-refractivity contribution >= 4 is 17.6 Å². The van der Waals surface area contributed by atoms with E-state index in [4.69, 9.17) is 9.47 Å². The summed E-state index contributed by atoms with van der Waals surface area (Å²) in [5, 5.41) is 15.2. The molecule has 2 rings (SSSR count). The Morgan fingerprint density at radius 2 is 1.77 bits per heavy atom. The van der Waals surface area contributed by atoms with E-state index in [-0.39, 0.29) is 5.69 Å². The van der Waals surface area contributed by atoms with Crippen molar-refractivity contribution in [1.29, 1.82) is 0 Å². The van der Waals surface area contributed by atoms with Gasteiger partial charge in [-0.15, -0.1) is 0 Å². The number of para-hydroxylation sites is 1. The number of hydrazone groups is 1. The monoisotopic (exact) mass is 301 g/mol. The molecule has 0 bridgehead atoms. The largest absolute Gasteiger partial charge is 0.493 e. The highest BCUT2D eigenvalue weighted by Gasteiger charge is 2.18. The first kappa shape index (κ1) is 15.3. The third-order valence-electron chi connectivity index (χ3n) is 2.90. The first-order valence-electron chi connectivity index (χ1n) is 6.40. The normalized spacial score (nSPS) is 10.5. The van der Waals surface area contributed by atoms with Crippen LogP contribution >= 0.6 is 0 Å². The molecule has 0 radical (unpaired) electrons. The van der Waals surface area contributed by atoms with Crippen molar-refractivity contribution in [2.24, 2.45) is 5.10 Å². The lowest BCUT2D eigenvalue weighted by Crippen LogP contribution is -2.00. The fourth-order valence-corrected chi connectivity index (χ4v) is 1.83. The fourth-order valence-electron chi connectivity index (χ4n) is 1.83. The molecule has 2 aromatic carbocycles. The number of hydrogen-bond acceptors (Lipinski definition) is 6. The van der Waals surface area contributed by atoms with E-state index in [1.165, 1.54) is 32.6 Å². The van der Waals surface area contributed by atoms with Crippen molar-refractivity contribution in [3.05, 3.63) is 58.1 Å². The number of anilines is 1. The second-order valence-corrected chi connectivity index (χ2v) is 4.26. The van der Waals surface area contributed by atoms with Gasteiger partial charge in [0, 0.05) is 0 Å². The predicted molar refractivity (Wildman–Crippen MR) is 83.9 cm³/mol. The SMILES string of the molecule is COc1cc(/C=N/Nc2ccccc2)c([N+](=O)[O-])cc1OC. The third kappa shape index (κ3) is 3.51. The summed E-state index contributed by atoms with van der Waals surface area (Å²) in [5.74, 6) is 0.691. The molecule has 0 heterocycles. The first-order chi connectivity index (χ1) is 10.7. The number of hydrogen-bond donors (Lipinski definition) is 1. The van der Waals surface area contributed by atoms with Crippen LogP contribution in [-0.4, -0.2) is 25.4 Å². The zero-order valence-electron chi connectivity index (χ0n) is 12.1. The van der Waals surface area contributed by atoms with E-state index in [0.29, 0.717) is 17.1 Å². The predicted octanol–water partition coefficient (Wildman–Crippen LogP) is 3.06. The van der Waals surface area contributed by atoms with Gasteiger partial charge in [0.1, 0.15) is 0 Å². The molecule has 0 fully saturated rings. The Kier molecular flexibility index (Phi) is 4.92.